The second-order valence-corrected chi connectivity index (χ2v) is 8.42. The molecule has 6 nitrogen and oxygen atoms in total. The van der Waals surface area contributed by atoms with Crippen LogP contribution in [0.15, 0.2) is 54.9 Å². The van der Waals surface area contributed by atoms with Crippen molar-refractivity contribution < 1.29 is 5.32 Å². The van der Waals surface area contributed by atoms with E-state index in [1.165, 1.54) is 6.33 Å². The smallest absolute Gasteiger partial charge is 0.239 e. The Kier molecular flexibility index (Phi) is 6.14. The van der Waals surface area contributed by atoms with E-state index >= 15 is 0 Å². The van der Waals surface area contributed by atoms with Gasteiger partial charge in [-0.15, -0.1) is 0 Å². The SMILES string of the molecule is N=C(I)c1c(N)ncnc1[NH2+]Cc1cc2cccc(Cl)c2nc1-c1ccccc1Cl. The molecule has 0 bridgehead atoms. The van der Waals surface area contributed by atoms with Crippen LogP contribution in [0.25, 0.3) is 22.2 Å². The van der Waals surface area contributed by atoms with E-state index in [0.717, 1.165) is 27.7 Å². The number of pyridine rings is 1. The molecule has 2 aromatic heterocycles. The Balaban J connectivity index is 1.83. The number of hydrogen-bond acceptors (Lipinski definition) is 5. The van der Waals surface area contributed by atoms with Crippen LogP contribution in [0.1, 0.15) is 11.1 Å². The fourth-order valence-electron chi connectivity index (χ4n) is 3.25. The lowest BCUT2D eigenvalue weighted by Crippen LogP contribution is -2.77. The van der Waals surface area contributed by atoms with Gasteiger partial charge in [0, 0.05) is 21.5 Å². The van der Waals surface area contributed by atoms with Crippen LogP contribution in [0.4, 0.5) is 11.6 Å². The first kappa shape index (κ1) is 20.9. The zero-order valence-electron chi connectivity index (χ0n) is 15.5. The first-order valence-corrected chi connectivity index (χ1v) is 10.8. The molecule has 0 saturated carbocycles. The van der Waals surface area contributed by atoms with Gasteiger partial charge in [-0.3, -0.25) is 10.7 Å². The third kappa shape index (κ3) is 4.11. The van der Waals surface area contributed by atoms with Gasteiger partial charge in [-0.2, -0.15) is 4.98 Å². The highest BCUT2D eigenvalue weighted by Crippen LogP contribution is 2.32. The maximum atomic E-state index is 8.00. The van der Waals surface area contributed by atoms with Gasteiger partial charge >= 0.3 is 0 Å². The summed E-state index contributed by atoms with van der Waals surface area (Å²) in [6.07, 6.45) is 1.40. The minimum atomic E-state index is 0.283. The summed E-state index contributed by atoms with van der Waals surface area (Å²) in [5, 5.41) is 12.1. The average Bonchev–Trinajstić information content (AvgIpc) is 2.72. The molecule has 0 aliphatic rings. The Bertz CT molecular complexity index is 1280. The highest BCUT2D eigenvalue weighted by Gasteiger charge is 2.19. The minimum absolute atomic E-state index is 0.283. The number of rotatable bonds is 5. The largest absolute Gasteiger partial charge is 0.383 e. The van der Waals surface area contributed by atoms with Crippen LogP contribution in [0.3, 0.4) is 0 Å². The summed E-state index contributed by atoms with van der Waals surface area (Å²) in [5.74, 6) is 0.892. The van der Waals surface area contributed by atoms with E-state index in [1.54, 1.807) is 0 Å². The number of aromatic nitrogens is 3. The Labute approximate surface area is 196 Å². The number of nitrogens with two attached hydrogens (primary N) is 2. The van der Waals surface area contributed by atoms with Gasteiger partial charge in [-0.25, -0.2) is 9.97 Å². The summed E-state index contributed by atoms with van der Waals surface area (Å²) in [4.78, 5) is 13.2. The van der Waals surface area contributed by atoms with Gasteiger partial charge in [0.05, 0.1) is 16.2 Å². The molecule has 0 aliphatic carbocycles. The maximum absolute atomic E-state index is 8.00. The molecule has 9 heteroatoms. The molecule has 2 heterocycles. The van der Waals surface area contributed by atoms with E-state index in [4.69, 9.17) is 39.3 Å². The summed E-state index contributed by atoms with van der Waals surface area (Å²) in [5.41, 5.74) is 9.75. The molecule has 30 heavy (non-hydrogen) atoms. The first-order chi connectivity index (χ1) is 14.5. The lowest BCUT2D eigenvalue weighted by molar-refractivity contribution is -0.592. The molecule has 5 N–H and O–H groups in total. The highest BCUT2D eigenvalue weighted by molar-refractivity contribution is 14.1. The van der Waals surface area contributed by atoms with Gasteiger partial charge in [0.15, 0.2) is 0 Å². The average molecular weight is 550 g/mol. The zero-order valence-corrected chi connectivity index (χ0v) is 19.2. The van der Waals surface area contributed by atoms with Crippen molar-refractivity contribution in [2.45, 2.75) is 6.54 Å². The lowest BCUT2D eigenvalue weighted by atomic mass is 10.0. The zero-order chi connectivity index (χ0) is 21.3. The van der Waals surface area contributed by atoms with Crippen molar-refractivity contribution in [1.29, 1.82) is 5.41 Å². The van der Waals surface area contributed by atoms with E-state index in [9.17, 15) is 0 Å². The van der Waals surface area contributed by atoms with Crippen LogP contribution >= 0.6 is 45.8 Å². The Morgan fingerprint density at radius 1 is 1.07 bits per heavy atom. The van der Waals surface area contributed by atoms with Crippen molar-refractivity contribution >= 4 is 72.0 Å². The van der Waals surface area contributed by atoms with Crippen LogP contribution in [-0.4, -0.2) is 18.7 Å². The second kappa shape index (κ2) is 8.81. The third-order valence-electron chi connectivity index (χ3n) is 4.65. The van der Waals surface area contributed by atoms with Crippen LogP contribution in [-0.2, 0) is 6.54 Å². The molecule has 2 aromatic carbocycles. The maximum Gasteiger partial charge on any atom is 0.239 e. The number of hydrogen-bond donors (Lipinski definition) is 3. The van der Waals surface area contributed by atoms with Gasteiger partial charge in [-0.05, 0) is 40.8 Å². The van der Waals surface area contributed by atoms with Crippen LogP contribution < -0.4 is 11.1 Å². The van der Waals surface area contributed by atoms with Gasteiger partial charge in [-0.1, -0.05) is 53.5 Å². The number of halogens is 3. The molecule has 0 saturated heterocycles. The Morgan fingerprint density at radius 3 is 2.60 bits per heavy atom. The molecule has 0 atom stereocenters. The molecule has 0 aliphatic heterocycles. The van der Waals surface area contributed by atoms with E-state index < -0.39 is 0 Å². The summed E-state index contributed by atoms with van der Waals surface area (Å²) in [6, 6.07) is 15.3. The van der Waals surface area contributed by atoms with Gasteiger partial charge in [0.1, 0.15) is 28.0 Å². The number of nitrogens with one attached hydrogen (secondary N) is 1. The Hall–Kier alpha value is -2.33. The standard InChI is InChI=1S/C21H15Cl2IN6/c22-14-6-2-1-5-13(14)17-12(8-11-4-3-7-15(23)18(11)30-17)9-27-21-16(19(24)25)20(26)28-10-29-21/h1-8,10,25H,9H2,(H3,26,27,28,29)/p+1. The number of para-hydroxylation sites is 1. The monoisotopic (exact) mass is 549 g/mol. The number of nitrogen functional groups attached to an aromatic ring is 1. The number of benzene rings is 2. The summed E-state index contributed by atoms with van der Waals surface area (Å²) < 4.78 is 0.284. The molecule has 4 aromatic rings. The number of anilines is 1. The van der Waals surface area contributed by atoms with E-state index in [0.29, 0.717) is 28.0 Å². The molecular formula is C21H16Cl2IN6+. The predicted octanol–water partition coefficient (Wildman–Crippen LogP) is 4.74. The molecule has 4 rings (SSSR count). The third-order valence-corrected chi connectivity index (χ3v) is 5.82. The van der Waals surface area contributed by atoms with Gasteiger partial charge in [0.25, 0.3) is 0 Å². The van der Waals surface area contributed by atoms with Crippen molar-refractivity contribution in [2.75, 3.05) is 5.73 Å². The number of fused-ring (bicyclic) bond motifs is 1. The molecular weight excluding hydrogens is 534 g/mol. The predicted molar refractivity (Wildman–Crippen MR) is 130 cm³/mol. The summed E-state index contributed by atoms with van der Waals surface area (Å²) in [7, 11) is 0. The van der Waals surface area contributed by atoms with Crippen molar-refractivity contribution in [3.05, 3.63) is 76.0 Å². The van der Waals surface area contributed by atoms with E-state index in [-0.39, 0.29) is 9.54 Å². The molecule has 0 spiro atoms. The summed E-state index contributed by atoms with van der Waals surface area (Å²) >= 11 is 14.8. The van der Waals surface area contributed by atoms with Crippen molar-refractivity contribution in [3.63, 3.8) is 0 Å². The molecule has 0 radical (unpaired) electrons. The van der Waals surface area contributed by atoms with E-state index in [1.807, 2.05) is 70.4 Å². The van der Waals surface area contributed by atoms with Crippen LogP contribution in [0.5, 0.6) is 0 Å². The lowest BCUT2D eigenvalue weighted by Gasteiger charge is -2.13. The van der Waals surface area contributed by atoms with Gasteiger partial charge in [0.2, 0.25) is 5.82 Å². The second-order valence-electron chi connectivity index (χ2n) is 6.53. The minimum Gasteiger partial charge on any atom is -0.383 e. The fraction of sp³-hybridized carbons (Fsp3) is 0.0476. The number of quaternary nitrogens is 1. The van der Waals surface area contributed by atoms with Crippen LogP contribution in [0, 0.1) is 5.41 Å². The van der Waals surface area contributed by atoms with Crippen molar-refractivity contribution in [3.8, 4) is 11.3 Å². The normalized spacial score (nSPS) is 11.0. The Morgan fingerprint density at radius 2 is 1.83 bits per heavy atom. The van der Waals surface area contributed by atoms with Gasteiger partial charge < -0.3 is 5.73 Å². The van der Waals surface area contributed by atoms with Crippen LogP contribution in [0.2, 0.25) is 10.0 Å². The topological polar surface area (TPSA) is 105 Å². The molecule has 0 fully saturated rings. The quantitative estimate of drug-likeness (QED) is 0.247. The fourth-order valence-corrected chi connectivity index (χ4v) is 4.25. The highest BCUT2D eigenvalue weighted by atomic mass is 127. The number of nitrogens with zero attached hydrogens (tertiary/aromatic N) is 3. The van der Waals surface area contributed by atoms with Crippen molar-refractivity contribution in [2.24, 2.45) is 0 Å². The summed E-state index contributed by atoms with van der Waals surface area (Å²) in [6.45, 7) is 0.517. The molecule has 0 unspecified atom stereocenters. The molecule has 0 amide bonds. The first-order valence-electron chi connectivity index (χ1n) is 8.97. The van der Waals surface area contributed by atoms with E-state index in [2.05, 4.69) is 16.0 Å². The van der Waals surface area contributed by atoms with Crippen molar-refractivity contribution in [1.82, 2.24) is 15.0 Å². The molecule has 150 valence electrons.